The molecule has 17 heavy (non-hydrogen) atoms. The van der Waals surface area contributed by atoms with Gasteiger partial charge >= 0.3 is 6.09 Å². The largest absolute Gasteiger partial charge is 0.450 e. The minimum Gasteiger partial charge on any atom is -0.450 e. The lowest BCUT2D eigenvalue weighted by Crippen LogP contribution is -2.34. The van der Waals surface area contributed by atoms with Crippen LogP contribution in [0.3, 0.4) is 0 Å². The smallest absolute Gasteiger partial charge is 0.407 e. The van der Waals surface area contributed by atoms with Crippen LogP contribution in [0.2, 0.25) is 0 Å². The van der Waals surface area contributed by atoms with Crippen LogP contribution < -0.4 is 5.32 Å². The predicted octanol–water partition coefficient (Wildman–Crippen LogP) is 2.26. The number of ether oxygens (including phenoxy) is 1. The van der Waals surface area contributed by atoms with Crippen molar-refractivity contribution < 1.29 is 9.53 Å². The second kappa shape index (κ2) is 7.70. The van der Waals surface area contributed by atoms with Crippen molar-refractivity contribution in [2.75, 3.05) is 6.61 Å². The topological polar surface area (TPSA) is 67.0 Å². The summed E-state index contributed by atoms with van der Waals surface area (Å²) in [6, 6.07) is 0.217. The Labute approximate surface area is 102 Å². The Balaban J connectivity index is 2.07. The van der Waals surface area contributed by atoms with Crippen LogP contribution in [0.25, 0.3) is 0 Å². The molecule has 96 valence electrons. The fourth-order valence-corrected chi connectivity index (χ4v) is 1.55. The Kier molecular flexibility index (Phi) is 6.14. The van der Waals surface area contributed by atoms with Crippen molar-refractivity contribution in [1.82, 2.24) is 15.3 Å². The Morgan fingerprint density at radius 3 is 2.88 bits per heavy atom. The molecule has 1 heterocycles. The van der Waals surface area contributed by atoms with E-state index in [-0.39, 0.29) is 12.1 Å². The molecule has 1 aromatic rings. The van der Waals surface area contributed by atoms with Gasteiger partial charge in [0.2, 0.25) is 0 Å². The molecule has 1 rings (SSSR count). The van der Waals surface area contributed by atoms with Crippen molar-refractivity contribution in [2.45, 2.75) is 45.6 Å². The standard InChI is InChI=1S/C12H21N3O2/c1-3-10(4-2)15-12(16)17-7-5-6-11-8-13-9-14-11/h8-10H,3-7H2,1-2H3,(H,13,14)(H,15,16). The van der Waals surface area contributed by atoms with Crippen LogP contribution in [0.4, 0.5) is 4.79 Å². The maximum absolute atomic E-state index is 11.4. The summed E-state index contributed by atoms with van der Waals surface area (Å²) in [5.41, 5.74) is 0.994. The van der Waals surface area contributed by atoms with Gasteiger partial charge in [0.1, 0.15) is 0 Å². The maximum Gasteiger partial charge on any atom is 0.407 e. The summed E-state index contributed by atoms with van der Waals surface area (Å²) in [6.45, 7) is 4.52. The summed E-state index contributed by atoms with van der Waals surface area (Å²) in [7, 11) is 0. The first-order valence-corrected chi connectivity index (χ1v) is 6.17. The van der Waals surface area contributed by atoms with E-state index in [1.807, 2.05) is 20.0 Å². The lowest BCUT2D eigenvalue weighted by molar-refractivity contribution is 0.140. The van der Waals surface area contributed by atoms with Crippen molar-refractivity contribution >= 4 is 6.09 Å². The third-order valence-corrected chi connectivity index (χ3v) is 2.67. The molecular formula is C12H21N3O2. The molecular weight excluding hydrogens is 218 g/mol. The molecule has 0 bridgehead atoms. The zero-order valence-corrected chi connectivity index (χ0v) is 10.5. The fourth-order valence-electron chi connectivity index (χ4n) is 1.55. The molecule has 0 saturated heterocycles. The molecule has 0 spiro atoms. The van der Waals surface area contributed by atoms with Crippen molar-refractivity contribution in [2.24, 2.45) is 0 Å². The summed E-state index contributed by atoms with van der Waals surface area (Å²) in [5.74, 6) is 0. The normalized spacial score (nSPS) is 10.5. The first-order valence-electron chi connectivity index (χ1n) is 6.17. The van der Waals surface area contributed by atoms with Gasteiger partial charge in [0.25, 0.3) is 0 Å². The van der Waals surface area contributed by atoms with E-state index < -0.39 is 0 Å². The molecule has 1 amide bonds. The molecule has 0 aliphatic rings. The highest BCUT2D eigenvalue weighted by molar-refractivity contribution is 5.67. The zero-order chi connectivity index (χ0) is 12.5. The lowest BCUT2D eigenvalue weighted by atomic mass is 10.2. The third-order valence-electron chi connectivity index (χ3n) is 2.67. The number of carbonyl (C=O) groups is 1. The number of aryl methyl sites for hydroxylation is 1. The van der Waals surface area contributed by atoms with Gasteiger partial charge in [0.15, 0.2) is 0 Å². The second-order valence-corrected chi connectivity index (χ2v) is 3.96. The maximum atomic E-state index is 11.4. The molecule has 5 nitrogen and oxygen atoms in total. The molecule has 0 saturated carbocycles. The van der Waals surface area contributed by atoms with Crippen LogP contribution in [0.5, 0.6) is 0 Å². The summed E-state index contributed by atoms with van der Waals surface area (Å²) in [4.78, 5) is 18.4. The van der Waals surface area contributed by atoms with Crippen molar-refractivity contribution in [1.29, 1.82) is 0 Å². The van der Waals surface area contributed by atoms with E-state index in [0.29, 0.717) is 6.61 Å². The minimum absolute atomic E-state index is 0.217. The number of H-pyrrole nitrogens is 1. The van der Waals surface area contributed by atoms with Gasteiger partial charge in [-0.05, 0) is 25.7 Å². The molecule has 0 radical (unpaired) electrons. The Hall–Kier alpha value is -1.52. The molecule has 0 aliphatic carbocycles. The average Bonchev–Trinajstić information content (AvgIpc) is 2.84. The molecule has 2 N–H and O–H groups in total. The van der Waals surface area contributed by atoms with Crippen LogP contribution in [0.15, 0.2) is 12.5 Å². The van der Waals surface area contributed by atoms with Crippen molar-refractivity contribution in [3.05, 3.63) is 18.2 Å². The first kappa shape index (κ1) is 13.5. The van der Waals surface area contributed by atoms with Crippen LogP contribution in [0.1, 0.15) is 38.8 Å². The highest BCUT2D eigenvalue weighted by atomic mass is 16.5. The molecule has 0 unspecified atom stereocenters. The first-order chi connectivity index (χ1) is 8.26. The SMILES string of the molecule is CCC(CC)NC(=O)OCCCc1c[nH]cn1. The monoisotopic (exact) mass is 239 g/mol. The van der Waals surface area contributed by atoms with Gasteiger partial charge in [-0.25, -0.2) is 9.78 Å². The average molecular weight is 239 g/mol. The molecule has 0 atom stereocenters. The molecule has 5 heteroatoms. The number of rotatable bonds is 7. The number of imidazole rings is 1. The summed E-state index contributed by atoms with van der Waals surface area (Å²) in [5, 5.41) is 2.83. The molecule has 1 aromatic heterocycles. The number of nitrogens with one attached hydrogen (secondary N) is 2. The zero-order valence-electron chi connectivity index (χ0n) is 10.5. The van der Waals surface area contributed by atoms with Crippen LogP contribution in [-0.4, -0.2) is 28.7 Å². The lowest BCUT2D eigenvalue weighted by Gasteiger charge is -2.14. The predicted molar refractivity (Wildman–Crippen MR) is 65.8 cm³/mol. The number of alkyl carbamates (subject to hydrolysis) is 1. The van der Waals surface area contributed by atoms with Crippen LogP contribution >= 0.6 is 0 Å². The Bertz CT molecular complexity index is 308. The van der Waals surface area contributed by atoms with E-state index >= 15 is 0 Å². The number of aromatic amines is 1. The summed E-state index contributed by atoms with van der Waals surface area (Å²) >= 11 is 0. The number of carbonyl (C=O) groups excluding carboxylic acids is 1. The van der Waals surface area contributed by atoms with E-state index in [0.717, 1.165) is 31.4 Å². The number of aromatic nitrogens is 2. The van der Waals surface area contributed by atoms with Gasteiger partial charge in [-0.15, -0.1) is 0 Å². The second-order valence-electron chi connectivity index (χ2n) is 3.96. The van der Waals surface area contributed by atoms with Crippen LogP contribution in [0, 0.1) is 0 Å². The molecule has 0 aromatic carbocycles. The molecule has 0 aliphatic heterocycles. The van der Waals surface area contributed by atoms with Crippen molar-refractivity contribution in [3.63, 3.8) is 0 Å². The highest BCUT2D eigenvalue weighted by Gasteiger charge is 2.08. The van der Waals surface area contributed by atoms with Crippen LogP contribution in [-0.2, 0) is 11.2 Å². The van der Waals surface area contributed by atoms with Gasteiger partial charge < -0.3 is 15.0 Å². The summed E-state index contributed by atoms with van der Waals surface area (Å²) in [6.07, 6.45) is 6.65. The number of nitrogens with zero attached hydrogens (tertiary/aromatic N) is 1. The number of hydrogen-bond donors (Lipinski definition) is 2. The van der Waals surface area contributed by atoms with Crippen molar-refractivity contribution in [3.8, 4) is 0 Å². The number of hydrogen-bond acceptors (Lipinski definition) is 3. The Morgan fingerprint density at radius 2 is 2.29 bits per heavy atom. The summed E-state index contributed by atoms with van der Waals surface area (Å²) < 4.78 is 5.09. The number of amides is 1. The van der Waals surface area contributed by atoms with Gasteiger partial charge in [0, 0.05) is 12.2 Å². The quantitative estimate of drug-likeness (QED) is 0.717. The van der Waals surface area contributed by atoms with Gasteiger partial charge in [-0.1, -0.05) is 13.8 Å². The van der Waals surface area contributed by atoms with Gasteiger partial charge in [0.05, 0.1) is 18.6 Å². The van der Waals surface area contributed by atoms with E-state index in [4.69, 9.17) is 4.74 Å². The van der Waals surface area contributed by atoms with E-state index in [2.05, 4.69) is 15.3 Å². The third kappa shape index (κ3) is 5.38. The van der Waals surface area contributed by atoms with E-state index in [1.165, 1.54) is 0 Å². The van der Waals surface area contributed by atoms with E-state index in [1.54, 1.807) is 6.33 Å². The van der Waals surface area contributed by atoms with Gasteiger partial charge in [-0.2, -0.15) is 0 Å². The van der Waals surface area contributed by atoms with Gasteiger partial charge in [-0.3, -0.25) is 0 Å². The fraction of sp³-hybridized carbons (Fsp3) is 0.667. The molecule has 0 fully saturated rings. The van der Waals surface area contributed by atoms with E-state index in [9.17, 15) is 4.79 Å². The Morgan fingerprint density at radius 1 is 1.53 bits per heavy atom. The minimum atomic E-state index is -0.319. The highest BCUT2D eigenvalue weighted by Crippen LogP contribution is 1.99.